The average molecular weight is 220 g/mol. The molecular weight excluding hydrogens is 213 g/mol. The van der Waals surface area contributed by atoms with Gasteiger partial charge in [0.05, 0.1) is 5.56 Å². The lowest BCUT2D eigenvalue weighted by molar-refractivity contribution is -0.147. The van der Waals surface area contributed by atoms with Crippen LogP contribution in [-0.4, -0.2) is 16.2 Å². The lowest BCUT2D eigenvalue weighted by Gasteiger charge is -2.12. The summed E-state index contributed by atoms with van der Waals surface area (Å²) >= 11 is 0. The van der Waals surface area contributed by atoms with E-state index in [1.54, 1.807) is 0 Å². The molecule has 1 aromatic rings. The average Bonchev–Trinajstić information content (AvgIpc) is 2.15. The fraction of sp³-hybridized carbons (Fsp3) is 0.222. The minimum atomic E-state index is -3.17. The zero-order chi connectivity index (χ0) is 11.6. The number of aliphatic hydroxyl groups is 1. The van der Waals surface area contributed by atoms with E-state index in [1.165, 1.54) is 0 Å². The maximum Gasteiger partial charge on any atom is 0.337 e. The lowest BCUT2D eigenvalue weighted by atomic mass is 10.0. The Kier molecular flexibility index (Phi) is 3.31. The maximum atomic E-state index is 12.9. The molecule has 0 heterocycles. The molecule has 0 aromatic heterocycles. The Labute approximate surface area is 82.8 Å². The van der Waals surface area contributed by atoms with Crippen LogP contribution in [-0.2, 0) is 4.79 Å². The van der Waals surface area contributed by atoms with Crippen LogP contribution < -0.4 is 0 Å². The predicted molar refractivity (Wildman–Crippen MR) is 44.0 cm³/mol. The Morgan fingerprint density at radius 2 is 1.93 bits per heavy atom. The van der Waals surface area contributed by atoms with Crippen LogP contribution in [0.3, 0.4) is 0 Å². The summed E-state index contributed by atoms with van der Waals surface area (Å²) < 4.78 is 37.7. The fourth-order valence-corrected chi connectivity index (χ4v) is 1.16. The van der Waals surface area contributed by atoms with Crippen molar-refractivity contribution in [1.82, 2.24) is 0 Å². The molecule has 82 valence electrons. The molecule has 3 nitrogen and oxygen atoms in total. The summed E-state index contributed by atoms with van der Waals surface area (Å²) in [4.78, 5) is 10.4. The minimum absolute atomic E-state index is 0.627. The molecule has 1 unspecified atom stereocenters. The quantitative estimate of drug-likeness (QED) is 0.817. The van der Waals surface area contributed by atoms with Crippen LogP contribution in [0.2, 0.25) is 0 Å². The Bertz CT molecular complexity index is 379. The molecule has 0 radical (unpaired) electrons. The maximum absolute atomic E-state index is 12.9. The van der Waals surface area contributed by atoms with Gasteiger partial charge in [0.1, 0.15) is 5.82 Å². The molecule has 15 heavy (non-hydrogen) atoms. The van der Waals surface area contributed by atoms with Crippen LogP contribution >= 0.6 is 0 Å². The molecule has 1 aromatic carbocycles. The van der Waals surface area contributed by atoms with Crippen LogP contribution in [0.25, 0.3) is 0 Å². The van der Waals surface area contributed by atoms with Gasteiger partial charge in [-0.05, 0) is 6.07 Å². The molecule has 1 rings (SSSR count). The summed E-state index contributed by atoms with van der Waals surface area (Å²) in [6, 6.07) is 2.78. The van der Waals surface area contributed by atoms with Gasteiger partial charge in [0.25, 0.3) is 6.43 Å². The second-order valence-corrected chi connectivity index (χ2v) is 2.78. The van der Waals surface area contributed by atoms with Crippen LogP contribution in [0.15, 0.2) is 18.2 Å². The van der Waals surface area contributed by atoms with Crippen molar-refractivity contribution in [2.24, 2.45) is 0 Å². The molecule has 0 spiro atoms. The van der Waals surface area contributed by atoms with Gasteiger partial charge in [-0.3, -0.25) is 0 Å². The number of hydrogen-bond acceptors (Lipinski definition) is 2. The monoisotopic (exact) mass is 220 g/mol. The third-order valence-corrected chi connectivity index (χ3v) is 1.83. The van der Waals surface area contributed by atoms with Crippen molar-refractivity contribution in [2.45, 2.75) is 12.5 Å². The molecule has 0 fully saturated rings. The molecule has 0 saturated heterocycles. The Morgan fingerprint density at radius 3 is 2.40 bits per heavy atom. The highest BCUT2D eigenvalue weighted by Gasteiger charge is 2.26. The number of aliphatic hydroxyl groups excluding tert-OH is 1. The summed E-state index contributed by atoms with van der Waals surface area (Å²) in [6.07, 6.45) is -5.32. The fourth-order valence-electron chi connectivity index (χ4n) is 1.16. The van der Waals surface area contributed by atoms with Crippen molar-refractivity contribution in [3.05, 3.63) is 35.1 Å². The standard InChI is InChI=1S/C9H7F3O3/c10-5-3-1-2-4(6(5)8(11)12)7(13)9(14)15/h1-3,7-8,13H,(H,14,15). The summed E-state index contributed by atoms with van der Waals surface area (Å²) in [7, 11) is 0. The van der Waals surface area contributed by atoms with Gasteiger partial charge in [-0.1, -0.05) is 12.1 Å². The van der Waals surface area contributed by atoms with E-state index in [1.807, 2.05) is 0 Å². The highest BCUT2D eigenvalue weighted by atomic mass is 19.3. The van der Waals surface area contributed by atoms with E-state index in [-0.39, 0.29) is 0 Å². The zero-order valence-electron chi connectivity index (χ0n) is 7.32. The molecule has 1 atom stereocenters. The van der Waals surface area contributed by atoms with Gasteiger partial charge in [0.2, 0.25) is 0 Å². The highest BCUT2D eigenvalue weighted by molar-refractivity contribution is 5.74. The van der Waals surface area contributed by atoms with Gasteiger partial charge in [0, 0.05) is 5.56 Å². The number of benzene rings is 1. The number of alkyl halides is 2. The third kappa shape index (κ3) is 2.27. The second kappa shape index (κ2) is 4.31. The van der Waals surface area contributed by atoms with Gasteiger partial charge in [-0.2, -0.15) is 0 Å². The topological polar surface area (TPSA) is 57.5 Å². The first-order valence-corrected chi connectivity index (χ1v) is 3.92. The predicted octanol–water partition coefficient (Wildman–Crippen LogP) is 1.88. The Hall–Kier alpha value is -1.56. The van der Waals surface area contributed by atoms with E-state index in [9.17, 15) is 18.0 Å². The van der Waals surface area contributed by atoms with Gasteiger partial charge >= 0.3 is 5.97 Å². The molecule has 0 aliphatic rings. The second-order valence-electron chi connectivity index (χ2n) is 2.78. The molecule has 2 N–H and O–H groups in total. The van der Waals surface area contributed by atoms with E-state index < -0.39 is 35.4 Å². The Morgan fingerprint density at radius 1 is 1.33 bits per heavy atom. The summed E-state index contributed by atoms with van der Waals surface area (Å²) in [5.74, 6) is -2.94. The van der Waals surface area contributed by atoms with Gasteiger partial charge in [-0.25, -0.2) is 18.0 Å². The number of carbonyl (C=O) groups is 1. The van der Waals surface area contributed by atoms with Crippen molar-refractivity contribution in [1.29, 1.82) is 0 Å². The number of hydrogen-bond donors (Lipinski definition) is 2. The molecule has 0 aliphatic heterocycles. The first kappa shape index (κ1) is 11.5. The van der Waals surface area contributed by atoms with Gasteiger partial charge in [-0.15, -0.1) is 0 Å². The number of carboxylic acids is 1. The lowest BCUT2D eigenvalue weighted by Crippen LogP contribution is -2.13. The van der Waals surface area contributed by atoms with E-state index in [0.717, 1.165) is 18.2 Å². The summed E-state index contributed by atoms with van der Waals surface area (Å²) in [5, 5.41) is 17.5. The smallest absolute Gasteiger partial charge is 0.337 e. The number of aliphatic carboxylic acids is 1. The SMILES string of the molecule is O=C(O)C(O)c1cccc(F)c1C(F)F. The molecule has 6 heteroatoms. The highest BCUT2D eigenvalue weighted by Crippen LogP contribution is 2.29. The van der Waals surface area contributed by atoms with Crippen molar-refractivity contribution in [2.75, 3.05) is 0 Å². The molecule has 0 saturated carbocycles. The normalized spacial score (nSPS) is 12.9. The van der Waals surface area contributed by atoms with Crippen LogP contribution in [0.1, 0.15) is 23.7 Å². The van der Waals surface area contributed by atoms with E-state index in [2.05, 4.69) is 0 Å². The largest absolute Gasteiger partial charge is 0.479 e. The van der Waals surface area contributed by atoms with E-state index >= 15 is 0 Å². The van der Waals surface area contributed by atoms with Crippen molar-refractivity contribution in [3.8, 4) is 0 Å². The first-order valence-electron chi connectivity index (χ1n) is 3.92. The molecule has 0 amide bonds. The van der Waals surface area contributed by atoms with Crippen LogP contribution in [0, 0.1) is 5.82 Å². The van der Waals surface area contributed by atoms with Gasteiger partial charge < -0.3 is 10.2 Å². The summed E-state index contributed by atoms with van der Waals surface area (Å²) in [5.41, 5.74) is -1.70. The number of rotatable bonds is 3. The molecular formula is C9H7F3O3. The van der Waals surface area contributed by atoms with Gasteiger partial charge in [0.15, 0.2) is 6.10 Å². The number of halogens is 3. The third-order valence-electron chi connectivity index (χ3n) is 1.83. The van der Waals surface area contributed by atoms with Crippen molar-refractivity contribution < 1.29 is 28.2 Å². The zero-order valence-corrected chi connectivity index (χ0v) is 7.32. The minimum Gasteiger partial charge on any atom is -0.479 e. The van der Waals surface area contributed by atoms with Crippen LogP contribution in [0.5, 0.6) is 0 Å². The Balaban J connectivity index is 3.28. The first-order chi connectivity index (χ1) is 6.95. The molecule has 0 bridgehead atoms. The van der Waals surface area contributed by atoms with Crippen molar-refractivity contribution >= 4 is 5.97 Å². The summed E-state index contributed by atoms with van der Waals surface area (Å²) in [6.45, 7) is 0. The number of carboxylic acid groups (broad SMARTS) is 1. The van der Waals surface area contributed by atoms with Crippen LogP contribution in [0.4, 0.5) is 13.2 Å². The van der Waals surface area contributed by atoms with E-state index in [4.69, 9.17) is 10.2 Å². The molecule has 0 aliphatic carbocycles. The van der Waals surface area contributed by atoms with Crippen molar-refractivity contribution in [3.63, 3.8) is 0 Å². The van der Waals surface area contributed by atoms with E-state index in [0.29, 0.717) is 0 Å².